The molecule has 44 heavy (non-hydrogen) atoms. The van der Waals surface area contributed by atoms with Gasteiger partial charge < -0.3 is 25.2 Å². The minimum Gasteiger partial charge on any atom is -0.657 e. The number of hydrogen-bond donors (Lipinski definition) is 3. The standard InChI is InChI=1S/C34H35N4O5.Zn/c1-7-21-17(3)27-16-32-22(8-2)20(6)31(38(32)43)15-26-19(5)24(10-12-34(41)42)30(37-26)14-29-23(9-11-33(39)40)18(4)25(35-29)13-28(21)36-27;/h7,13-16H,1,8-12H2,2-6H3,(H3-2,35,36,37,39,40,41,42,43);/q-1;+2. The number of carbonyl (C=O) groups is 2. The largest absolute Gasteiger partial charge is 2.00 e. The quantitative estimate of drug-likeness (QED) is 0.152. The molecule has 3 N–H and O–H groups in total. The predicted octanol–water partition coefficient (Wildman–Crippen LogP) is 6.24. The van der Waals surface area contributed by atoms with Gasteiger partial charge in [0.2, 0.25) is 0 Å². The molecule has 0 aliphatic carbocycles. The van der Waals surface area contributed by atoms with E-state index in [1.807, 2.05) is 52.8 Å². The number of hydrogen-bond acceptors (Lipinski definition) is 3. The summed E-state index contributed by atoms with van der Waals surface area (Å²) in [6.07, 6.45) is 2.84. The van der Waals surface area contributed by atoms with Gasteiger partial charge in [0.25, 0.3) is 11.4 Å². The van der Waals surface area contributed by atoms with Gasteiger partial charge in [-0.3, -0.25) is 9.59 Å². The molecule has 1 aliphatic rings. The Labute approximate surface area is 267 Å². The smallest absolute Gasteiger partial charge is 0.657 e. The van der Waals surface area contributed by atoms with Gasteiger partial charge in [0.15, 0.2) is 0 Å². The van der Waals surface area contributed by atoms with E-state index in [2.05, 4.69) is 11.6 Å². The Balaban J connectivity index is 0.00000442. The number of nitrogens with zero attached hydrogens (tertiary/aromatic N) is 3. The number of nitrogens with one attached hydrogen (secondary N) is 1. The first-order valence-electron chi connectivity index (χ1n) is 14.4. The van der Waals surface area contributed by atoms with Crippen LogP contribution in [0.4, 0.5) is 0 Å². The number of fused-ring (bicyclic) bond motifs is 8. The van der Waals surface area contributed by atoms with E-state index in [4.69, 9.17) is 9.97 Å². The van der Waals surface area contributed by atoms with Gasteiger partial charge in [-0.15, -0.1) is 22.1 Å². The second-order valence-corrected chi connectivity index (χ2v) is 11.1. The van der Waals surface area contributed by atoms with Gasteiger partial charge in [-0.05, 0) is 63.6 Å². The van der Waals surface area contributed by atoms with Crippen molar-refractivity contribution in [2.75, 3.05) is 0 Å². The fourth-order valence-electron chi connectivity index (χ4n) is 6.09. The molecule has 0 spiro atoms. The van der Waals surface area contributed by atoms with Crippen LogP contribution in [0.25, 0.3) is 50.3 Å². The Morgan fingerprint density at radius 1 is 0.818 bits per heavy atom. The number of H-pyrrole nitrogens is 1. The zero-order valence-corrected chi connectivity index (χ0v) is 28.8. The Bertz CT molecular complexity index is 2060. The molecule has 10 heteroatoms. The van der Waals surface area contributed by atoms with Crippen molar-refractivity contribution >= 4 is 62.3 Å². The number of aromatic nitrogens is 4. The summed E-state index contributed by atoms with van der Waals surface area (Å²) in [5.74, 6) is -1.82. The van der Waals surface area contributed by atoms with Crippen molar-refractivity contribution in [1.82, 2.24) is 15.0 Å². The molecule has 4 aromatic heterocycles. The fraction of sp³-hybridized carbons (Fsp3) is 0.294. The summed E-state index contributed by atoms with van der Waals surface area (Å²) >= 11 is 0. The molecule has 0 unspecified atom stereocenters. The van der Waals surface area contributed by atoms with Crippen LogP contribution >= 0.6 is 0 Å². The van der Waals surface area contributed by atoms with Crippen LogP contribution in [0.15, 0.2) is 30.8 Å². The van der Waals surface area contributed by atoms with Gasteiger partial charge >= 0.3 is 31.4 Å². The normalized spacial score (nSPS) is 12.0. The van der Waals surface area contributed by atoms with Gasteiger partial charge in [-0.25, -0.2) is 0 Å². The number of rotatable bonds is 8. The molecule has 222 valence electrons. The van der Waals surface area contributed by atoms with E-state index in [0.29, 0.717) is 51.8 Å². The number of carboxylic acid groups (broad SMARTS) is 2. The van der Waals surface area contributed by atoms with Crippen LogP contribution in [-0.4, -0.2) is 27.1 Å². The van der Waals surface area contributed by atoms with Gasteiger partial charge in [0.1, 0.15) is 0 Å². The SMILES string of the molecule is C=Cc1c(C)c2cc3[n+](=O)c(cc4[n-]c(cc5[nH]c(cc1[n-]2)c(C)c5CCC(=O)O)c(CCC(=O)O)c4C)C(C)=C3CC.[Zn+2]. The van der Waals surface area contributed by atoms with Crippen molar-refractivity contribution in [1.29, 1.82) is 0 Å². The minimum absolute atomic E-state index is 0. The minimum atomic E-state index is -0.919. The summed E-state index contributed by atoms with van der Waals surface area (Å²) < 4.78 is 0.935. The average molecular weight is 645 g/mol. The molecular formula is C34H35N4O5Zn+. The molecule has 1 aliphatic heterocycles. The summed E-state index contributed by atoms with van der Waals surface area (Å²) in [7, 11) is 0. The number of aromatic amines is 1. The third-order valence-electron chi connectivity index (χ3n) is 8.57. The van der Waals surface area contributed by atoms with Crippen molar-refractivity contribution in [2.24, 2.45) is 0 Å². The molecule has 5 heterocycles. The third kappa shape index (κ3) is 5.78. The first-order chi connectivity index (χ1) is 20.4. The second kappa shape index (κ2) is 12.7. The number of aliphatic carboxylic acids is 2. The van der Waals surface area contributed by atoms with Gasteiger partial charge in [-0.1, -0.05) is 48.4 Å². The van der Waals surface area contributed by atoms with Crippen LogP contribution in [0.1, 0.15) is 77.9 Å². The Hall–Kier alpha value is -4.30. The Kier molecular flexibility index (Phi) is 9.45. The van der Waals surface area contributed by atoms with Gasteiger partial charge in [0, 0.05) is 52.1 Å². The molecule has 0 atom stereocenters. The Morgan fingerprint density at radius 3 is 2.00 bits per heavy atom. The summed E-state index contributed by atoms with van der Waals surface area (Å²) in [6, 6.07) is 7.39. The maximum absolute atomic E-state index is 13.8. The molecule has 4 aromatic rings. The van der Waals surface area contributed by atoms with Crippen molar-refractivity contribution < 1.29 is 43.7 Å². The molecule has 0 amide bonds. The average Bonchev–Trinajstić information content (AvgIpc) is 3.59. The molecule has 8 bridgehead atoms. The zero-order valence-electron chi connectivity index (χ0n) is 25.8. The molecule has 5 rings (SSSR count). The van der Waals surface area contributed by atoms with Crippen molar-refractivity contribution in [2.45, 2.75) is 66.7 Å². The van der Waals surface area contributed by atoms with E-state index in [-0.39, 0.29) is 38.7 Å². The molecule has 0 saturated carbocycles. The number of carboxylic acids is 2. The zero-order chi connectivity index (χ0) is 31.2. The van der Waals surface area contributed by atoms with E-state index in [0.717, 1.165) is 54.5 Å². The molecule has 0 saturated heterocycles. The molecule has 0 fully saturated rings. The van der Waals surface area contributed by atoms with E-state index in [1.165, 1.54) is 0 Å². The van der Waals surface area contributed by atoms with Crippen LogP contribution in [0, 0.1) is 25.7 Å². The summed E-state index contributed by atoms with van der Waals surface area (Å²) in [5.41, 5.74) is 11.8. The molecular weight excluding hydrogens is 610 g/mol. The van der Waals surface area contributed by atoms with Crippen LogP contribution in [0.5, 0.6) is 0 Å². The predicted molar refractivity (Wildman–Crippen MR) is 169 cm³/mol. The first kappa shape index (κ1) is 32.6. The van der Waals surface area contributed by atoms with E-state index in [1.54, 1.807) is 12.1 Å². The van der Waals surface area contributed by atoms with E-state index >= 15 is 0 Å². The van der Waals surface area contributed by atoms with Gasteiger partial charge in [-0.2, -0.15) is 0 Å². The Morgan fingerprint density at radius 2 is 1.39 bits per heavy atom. The molecule has 0 aromatic carbocycles. The second-order valence-electron chi connectivity index (χ2n) is 11.1. The van der Waals surface area contributed by atoms with Gasteiger partial charge in [0.05, 0.1) is 4.43 Å². The number of aryl methyl sites for hydroxylation is 5. The summed E-state index contributed by atoms with van der Waals surface area (Å²) in [5, 5.41) is 18.9. The van der Waals surface area contributed by atoms with Crippen LogP contribution < -0.4 is 14.4 Å². The fourth-order valence-corrected chi connectivity index (χ4v) is 6.09. The summed E-state index contributed by atoms with van der Waals surface area (Å²) in [6.45, 7) is 13.7. The van der Waals surface area contributed by atoms with E-state index < -0.39 is 11.9 Å². The van der Waals surface area contributed by atoms with Crippen LogP contribution in [0.2, 0.25) is 0 Å². The van der Waals surface area contributed by atoms with Crippen molar-refractivity contribution in [3.05, 3.63) is 80.5 Å². The van der Waals surface area contributed by atoms with E-state index in [9.17, 15) is 24.7 Å². The summed E-state index contributed by atoms with van der Waals surface area (Å²) in [4.78, 5) is 50.2. The van der Waals surface area contributed by atoms with Crippen molar-refractivity contribution in [3.8, 4) is 0 Å². The maximum Gasteiger partial charge on any atom is 2.00 e. The molecule has 9 nitrogen and oxygen atoms in total. The first-order valence-corrected chi connectivity index (χ1v) is 14.4. The monoisotopic (exact) mass is 643 g/mol. The number of allylic oxidation sites excluding steroid dienone is 2. The topological polar surface area (TPSA) is 142 Å². The molecule has 0 radical (unpaired) electrons. The third-order valence-corrected chi connectivity index (χ3v) is 8.57. The maximum atomic E-state index is 13.8. The van der Waals surface area contributed by atoms with Crippen LogP contribution in [-0.2, 0) is 41.9 Å². The van der Waals surface area contributed by atoms with Crippen molar-refractivity contribution in [3.63, 3.8) is 0 Å². The van der Waals surface area contributed by atoms with Crippen LogP contribution in [0.3, 0.4) is 0 Å².